The first-order chi connectivity index (χ1) is 8.79. The number of benzene rings is 1. The van der Waals surface area contributed by atoms with Crippen molar-refractivity contribution in [3.8, 4) is 0 Å². The van der Waals surface area contributed by atoms with Gasteiger partial charge < -0.3 is 4.90 Å². The molecule has 2 nitrogen and oxygen atoms in total. The van der Waals surface area contributed by atoms with Gasteiger partial charge in [0.1, 0.15) is 6.54 Å². The predicted octanol–water partition coefficient (Wildman–Crippen LogP) is 3.37. The molecule has 0 saturated heterocycles. The van der Waals surface area contributed by atoms with Crippen molar-refractivity contribution in [3.05, 3.63) is 34.9 Å². The first kappa shape index (κ1) is 13.9. The molecular formula is C14H16F3NO. The zero-order valence-corrected chi connectivity index (χ0v) is 10.9. The second kappa shape index (κ2) is 4.87. The van der Waals surface area contributed by atoms with Gasteiger partial charge in [-0.25, -0.2) is 0 Å². The molecule has 1 aromatic carbocycles. The van der Waals surface area contributed by atoms with Gasteiger partial charge in [-0.3, -0.25) is 4.79 Å². The van der Waals surface area contributed by atoms with Crippen molar-refractivity contribution in [2.45, 2.75) is 32.4 Å². The first-order valence-electron chi connectivity index (χ1n) is 6.27. The SMILES string of the molecule is CC(C)c1cccc2c1CCN(CC(F)(F)F)C2=O. The Morgan fingerprint density at radius 2 is 2.00 bits per heavy atom. The Morgan fingerprint density at radius 3 is 2.58 bits per heavy atom. The Labute approximate surface area is 110 Å². The summed E-state index contributed by atoms with van der Waals surface area (Å²) in [6.45, 7) is 3.00. The van der Waals surface area contributed by atoms with E-state index in [-0.39, 0.29) is 12.5 Å². The third kappa shape index (κ3) is 2.91. The van der Waals surface area contributed by atoms with Crippen molar-refractivity contribution < 1.29 is 18.0 Å². The first-order valence-corrected chi connectivity index (χ1v) is 6.27. The van der Waals surface area contributed by atoms with Gasteiger partial charge in [-0.05, 0) is 29.5 Å². The molecule has 0 aromatic heterocycles. The molecule has 1 amide bonds. The van der Waals surface area contributed by atoms with E-state index in [4.69, 9.17) is 0 Å². The van der Waals surface area contributed by atoms with E-state index in [1.165, 1.54) is 0 Å². The monoisotopic (exact) mass is 271 g/mol. The van der Waals surface area contributed by atoms with Gasteiger partial charge in [0.2, 0.25) is 0 Å². The Hall–Kier alpha value is -1.52. The van der Waals surface area contributed by atoms with Gasteiger partial charge in [-0.1, -0.05) is 26.0 Å². The molecule has 0 aliphatic carbocycles. The van der Waals surface area contributed by atoms with Crippen LogP contribution in [-0.2, 0) is 6.42 Å². The van der Waals surface area contributed by atoms with Gasteiger partial charge in [-0.2, -0.15) is 13.2 Å². The van der Waals surface area contributed by atoms with Gasteiger partial charge in [-0.15, -0.1) is 0 Å². The van der Waals surface area contributed by atoms with E-state index in [1.807, 2.05) is 19.9 Å². The molecule has 19 heavy (non-hydrogen) atoms. The lowest BCUT2D eigenvalue weighted by Crippen LogP contribution is -2.43. The summed E-state index contributed by atoms with van der Waals surface area (Å²) in [5.41, 5.74) is 2.38. The molecule has 2 rings (SSSR count). The fraction of sp³-hybridized carbons (Fsp3) is 0.500. The number of carbonyl (C=O) groups is 1. The molecule has 0 unspecified atom stereocenters. The van der Waals surface area contributed by atoms with Crippen LogP contribution in [0.2, 0.25) is 0 Å². The summed E-state index contributed by atoms with van der Waals surface area (Å²) in [5.74, 6) is -0.252. The zero-order chi connectivity index (χ0) is 14.2. The van der Waals surface area contributed by atoms with Crippen LogP contribution in [0.15, 0.2) is 18.2 Å². The van der Waals surface area contributed by atoms with E-state index in [0.717, 1.165) is 16.0 Å². The number of nitrogens with zero attached hydrogens (tertiary/aromatic N) is 1. The maximum absolute atomic E-state index is 12.4. The molecule has 0 atom stereocenters. The van der Waals surface area contributed by atoms with Crippen LogP contribution in [0.5, 0.6) is 0 Å². The van der Waals surface area contributed by atoms with Gasteiger partial charge in [0.15, 0.2) is 0 Å². The molecule has 1 aromatic rings. The van der Waals surface area contributed by atoms with Crippen LogP contribution in [0.1, 0.15) is 41.3 Å². The van der Waals surface area contributed by atoms with Crippen LogP contribution < -0.4 is 0 Å². The average Bonchev–Trinajstić information content (AvgIpc) is 2.30. The van der Waals surface area contributed by atoms with Crippen LogP contribution in [0.4, 0.5) is 13.2 Å². The maximum atomic E-state index is 12.4. The molecule has 1 aliphatic heterocycles. The molecule has 0 saturated carbocycles. The maximum Gasteiger partial charge on any atom is 0.406 e. The van der Waals surface area contributed by atoms with E-state index >= 15 is 0 Å². The second-order valence-electron chi connectivity index (χ2n) is 5.12. The predicted molar refractivity (Wildman–Crippen MR) is 66.2 cm³/mol. The topological polar surface area (TPSA) is 20.3 Å². The normalized spacial score (nSPS) is 15.9. The Balaban J connectivity index is 2.32. The van der Waals surface area contributed by atoms with E-state index in [9.17, 15) is 18.0 Å². The number of hydrogen-bond acceptors (Lipinski definition) is 1. The fourth-order valence-corrected chi connectivity index (χ4v) is 2.51. The van der Waals surface area contributed by atoms with Crippen LogP contribution in [0, 0.1) is 0 Å². The van der Waals surface area contributed by atoms with E-state index < -0.39 is 18.6 Å². The van der Waals surface area contributed by atoms with E-state index in [0.29, 0.717) is 12.0 Å². The highest BCUT2D eigenvalue weighted by atomic mass is 19.4. The molecule has 0 bridgehead atoms. The van der Waals surface area contributed by atoms with Gasteiger partial charge >= 0.3 is 6.18 Å². The van der Waals surface area contributed by atoms with E-state index in [1.54, 1.807) is 12.1 Å². The Kier molecular flexibility index (Phi) is 3.56. The standard InChI is InChI=1S/C14H16F3NO/c1-9(2)10-4-3-5-12-11(10)6-7-18(13(12)19)8-14(15,16)17/h3-5,9H,6-8H2,1-2H3. The molecular weight excluding hydrogens is 255 g/mol. The smallest absolute Gasteiger partial charge is 0.329 e. The third-order valence-electron chi connectivity index (χ3n) is 3.35. The highest BCUT2D eigenvalue weighted by Crippen LogP contribution is 2.29. The minimum Gasteiger partial charge on any atom is -0.329 e. The van der Waals surface area contributed by atoms with Crippen molar-refractivity contribution in [1.29, 1.82) is 0 Å². The molecule has 0 N–H and O–H groups in total. The summed E-state index contributed by atoms with van der Waals surface area (Å²) in [6.07, 6.45) is -3.85. The Bertz CT molecular complexity index is 494. The minimum atomic E-state index is -4.34. The lowest BCUT2D eigenvalue weighted by atomic mass is 9.89. The summed E-state index contributed by atoms with van der Waals surface area (Å²) in [5, 5.41) is 0. The summed E-state index contributed by atoms with van der Waals surface area (Å²) in [7, 11) is 0. The number of carbonyl (C=O) groups excluding carboxylic acids is 1. The molecule has 104 valence electrons. The largest absolute Gasteiger partial charge is 0.406 e. The van der Waals surface area contributed by atoms with Gasteiger partial charge in [0.05, 0.1) is 0 Å². The molecule has 1 heterocycles. The highest BCUT2D eigenvalue weighted by Gasteiger charge is 2.36. The minimum absolute atomic E-state index is 0.134. The van der Waals surface area contributed by atoms with Crippen LogP contribution >= 0.6 is 0 Å². The molecule has 0 spiro atoms. The molecule has 1 aliphatic rings. The van der Waals surface area contributed by atoms with Crippen LogP contribution in [0.3, 0.4) is 0 Å². The lowest BCUT2D eigenvalue weighted by molar-refractivity contribution is -0.141. The van der Waals surface area contributed by atoms with Crippen molar-refractivity contribution in [1.82, 2.24) is 4.90 Å². The number of rotatable bonds is 2. The number of fused-ring (bicyclic) bond motifs is 1. The number of halogens is 3. The van der Waals surface area contributed by atoms with Gasteiger partial charge in [0, 0.05) is 12.1 Å². The Morgan fingerprint density at radius 1 is 1.32 bits per heavy atom. The fourth-order valence-electron chi connectivity index (χ4n) is 2.51. The third-order valence-corrected chi connectivity index (χ3v) is 3.35. The number of alkyl halides is 3. The summed E-state index contributed by atoms with van der Waals surface area (Å²) < 4.78 is 37.2. The lowest BCUT2D eigenvalue weighted by Gasteiger charge is -2.31. The summed E-state index contributed by atoms with van der Waals surface area (Å²) in [6, 6.07) is 5.30. The van der Waals surface area contributed by atoms with Crippen LogP contribution in [-0.4, -0.2) is 30.1 Å². The summed E-state index contributed by atoms with van der Waals surface area (Å²) in [4.78, 5) is 13.0. The highest BCUT2D eigenvalue weighted by molar-refractivity contribution is 5.97. The quantitative estimate of drug-likeness (QED) is 0.807. The van der Waals surface area contributed by atoms with Crippen molar-refractivity contribution in [3.63, 3.8) is 0 Å². The number of amides is 1. The number of hydrogen-bond donors (Lipinski definition) is 0. The molecule has 0 fully saturated rings. The van der Waals surface area contributed by atoms with Crippen LogP contribution in [0.25, 0.3) is 0 Å². The molecule has 5 heteroatoms. The van der Waals surface area contributed by atoms with Crippen molar-refractivity contribution >= 4 is 5.91 Å². The van der Waals surface area contributed by atoms with E-state index in [2.05, 4.69) is 0 Å². The average molecular weight is 271 g/mol. The van der Waals surface area contributed by atoms with Gasteiger partial charge in [0.25, 0.3) is 5.91 Å². The van der Waals surface area contributed by atoms with Crippen molar-refractivity contribution in [2.75, 3.05) is 13.1 Å². The van der Waals surface area contributed by atoms with Crippen molar-refractivity contribution in [2.24, 2.45) is 0 Å². The second-order valence-corrected chi connectivity index (χ2v) is 5.12. The summed E-state index contributed by atoms with van der Waals surface area (Å²) >= 11 is 0. The molecule has 0 radical (unpaired) electrons. The zero-order valence-electron chi connectivity index (χ0n) is 10.9.